The summed E-state index contributed by atoms with van der Waals surface area (Å²) in [5.41, 5.74) is 0.0699. The summed E-state index contributed by atoms with van der Waals surface area (Å²) < 4.78 is 0. The maximum Gasteiger partial charge on any atom is 0.237 e. The molecule has 1 heterocycles. The maximum absolute atomic E-state index is 12.0. The highest BCUT2D eigenvalue weighted by Crippen LogP contribution is 2.29. The summed E-state index contributed by atoms with van der Waals surface area (Å²) in [5.74, 6) is 0.145. The largest absolute Gasteiger partial charge is 0.353 e. The van der Waals surface area contributed by atoms with Gasteiger partial charge in [-0.25, -0.2) is 0 Å². The van der Waals surface area contributed by atoms with Crippen molar-refractivity contribution < 1.29 is 4.79 Å². The quantitative estimate of drug-likeness (QED) is 0.732. The summed E-state index contributed by atoms with van der Waals surface area (Å²) in [4.78, 5) is 14.1. The van der Waals surface area contributed by atoms with Gasteiger partial charge >= 0.3 is 0 Å². The average Bonchev–Trinajstić information content (AvgIpc) is 2.16. The first-order chi connectivity index (χ1) is 7.43. The first-order valence-electron chi connectivity index (χ1n) is 6.09. The Hall–Kier alpha value is -0.610. The Balaban J connectivity index is 2.40. The smallest absolute Gasteiger partial charge is 0.237 e. The lowest BCUT2D eigenvalue weighted by molar-refractivity contribution is -0.126. The van der Waals surface area contributed by atoms with E-state index in [1.807, 2.05) is 14.1 Å². The number of carbonyl (C=O) groups is 1. The molecule has 0 aromatic carbocycles. The second kappa shape index (κ2) is 5.64. The minimum absolute atomic E-state index is 0.0385. The summed E-state index contributed by atoms with van der Waals surface area (Å²) in [6, 6.07) is -0.0385. The van der Waals surface area contributed by atoms with Gasteiger partial charge in [-0.3, -0.25) is 4.79 Å². The number of hydrogen-bond donors (Lipinski definition) is 2. The van der Waals surface area contributed by atoms with Gasteiger partial charge in [-0.1, -0.05) is 13.8 Å². The maximum atomic E-state index is 12.0. The molecule has 1 amide bonds. The highest BCUT2D eigenvalue weighted by molar-refractivity contribution is 5.82. The minimum atomic E-state index is -0.0385. The molecule has 1 aliphatic heterocycles. The van der Waals surface area contributed by atoms with E-state index in [9.17, 15) is 4.79 Å². The highest BCUT2D eigenvalue weighted by Gasteiger charge is 2.36. The molecule has 1 aliphatic rings. The molecule has 16 heavy (non-hydrogen) atoms. The van der Waals surface area contributed by atoms with Gasteiger partial charge in [0.15, 0.2) is 0 Å². The van der Waals surface area contributed by atoms with Crippen LogP contribution in [0.2, 0.25) is 0 Å². The van der Waals surface area contributed by atoms with Crippen molar-refractivity contribution in [2.45, 2.75) is 32.7 Å². The van der Waals surface area contributed by atoms with Crippen LogP contribution in [-0.2, 0) is 4.79 Å². The van der Waals surface area contributed by atoms with Gasteiger partial charge in [-0.05, 0) is 38.9 Å². The summed E-state index contributed by atoms with van der Waals surface area (Å²) in [7, 11) is 4.02. The van der Waals surface area contributed by atoms with Crippen molar-refractivity contribution in [3.05, 3.63) is 0 Å². The Morgan fingerprint density at radius 1 is 1.50 bits per heavy atom. The highest BCUT2D eigenvalue weighted by atomic mass is 16.2. The Morgan fingerprint density at radius 3 is 2.75 bits per heavy atom. The van der Waals surface area contributed by atoms with Gasteiger partial charge in [0.1, 0.15) is 0 Å². The van der Waals surface area contributed by atoms with Crippen LogP contribution < -0.4 is 10.6 Å². The first kappa shape index (κ1) is 13.5. The van der Waals surface area contributed by atoms with E-state index in [2.05, 4.69) is 29.4 Å². The molecule has 0 radical (unpaired) electrons. The molecular weight excluding hydrogens is 202 g/mol. The van der Waals surface area contributed by atoms with E-state index in [-0.39, 0.29) is 17.4 Å². The van der Waals surface area contributed by atoms with Crippen molar-refractivity contribution >= 4 is 5.91 Å². The minimum Gasteiger partial charge on any atom is -0.353 e. The SMILES string of the molecule is CN(C)CCNC(=O)C1NCCCC1(C)C. The molecule has 94 valence electrons. The molecule has 0 saturated carbocycles. The topological polar surface area (TPSA) is 44.4 Å². The fourth-order valence-electron chi connectivity index (χ4n) is 2.16. The van der Waals surface area contributed by atoms with Crippen molar-refractivity contribution in [2.24, 2.45) is 5.41 Å². The monoisotopic (exact) mass is 227 g/mol. The zero-order valence-electron chi connectivity index (χ0n) is 11.0. The van der Waals surface area contributed by atoms with Gasteiger partial charge in [0, 0.05) is 13.1 Å². The third kappa shape index (κ3) is 3.76. The number of hydrogen-bond acceptors (Lipinski definition) is 3. The van der Waals surface area contributed by atoms with Gasteiger partial charge in [0.2, 0.25) is 5.91 Å². The van der Waals surface area contributed by atoms with E-state index in [1.165, 1.54) is 0 Å². The molecule has 1 rings (SSSR count). The van der Waals surface area contributed by atoms with E-state index >= 15 is 0 Å². The van der Waals surface area contributed by atoms with Gasteiger partial charge < -0.3 is 15.5 Å². The van der Waals surface area contributed by atoms with Crippen LogP contribution in [0, 0.1) is 5.41 Å². The van der Waals surface area contributed by atoms with Crippen LogP contribution >= 0.6 is 0 Å². The fraction of sp³-hybridized carbons (Fsp3) is 0.917. The second-order valence-corrected chi connectivity index (χ2v) is 5.57. The Morgan fingerprint density at radius 2 is 2.19 bits per heavy atom. The van der Waals surface area contributed by atoms with Crippen molar-refractivity contribution in [1.29, 1.82) is 0 Å². The van der Waals surface area contributed by atoms with E-state index in [0.29, 0.717) is 0 Å². The molecule has 1 atom stereocenters. The molecule has 4 heteroatoms. The van der Waals surface area contributed by atoms with E-state index in [0.717, 1.165) is 32.5 Å². The van der Waals surface area contributed by atoms with E-state index < -0.39 is 0 Å². The number of likely N-dealkylation sites (N-methyl/N-ethyl adjacent to an activating group) is 1. The third-order valence-electron chi connectivity index (χ3n) is 3.25. The van der Waals surface area contributed by atoms with Crippen LogP contribution in [-0.4, -0.2) is 50.6 Å². The summed E-state index contributed by atoms with van der Waals surface area (Å²) in [6.07, 6.45) is 2.28. The third-order valence-corrected chi connectivity index (χ3v) is 3.25. The normalized spacial score (nSPS) is 24.4. The van der Waals surface area contributed by atoms with Crippen molar-refractivity contribution in [3.63, 3.8) is 0 Å². The molecule has 1 unspecified atom stereocenters. The van der Waals surface area contributed by atoms with Gasteiger partial charge in [0.05, 0.1) is 6.04 Å². The van der Waals surface area contributed by atoms with Crippen molar-refractivity contribution in [2.75, 3.05) is 33.7 Å². The second-order valence-electron chi connectivity index (χ2n) is 5.57. The van der Waals surface area contributed by atoms with Gasteiger partial charge in [-0.15, -0.1) is 0 Å². The molecule has 0 aliphatic carbocycles. The first-order valence-corrected chi connectivity index (χ1v) is 6.09. The number of amides is 1. The van der Waals surface area contributed by atoms with E-state index in [4.69, 9.17) is 0 Å². The Kier molecular flexibility index (Phi) is 4.74. The number of rotatable bonds is 4. The molecule has 4 nitrogen and oxygen atoms in total. The van der Waals surface area contributed by atoms with Crippen LogP contribution in [0.1, 0.15) is 26.7 Å². The average molecular weight is 227 g/mol. The summed E-state index contributed by atoms with van der Waals surface area (Å²) in [6.45, 7) is 6.89. The van der Waals surface area contributed by atoms with E-state index in [1.54, 1.807) is 0 Å². The van der Waals surface area contributed by atoms with Crippen LogP contribution in [0.25, 0.3) is 0 Å². The predicted octanol–water partition coefficient (Wildman–Crippen LogP) is 0.442. The van der Waals surface area contributed by atoms with Crippen LogP contribution in [0.3, 0.4) is 0 Å². The summed E-state index contributed by atoms with van der Waals surface area (Å²) in [5, 5.41) is 6.32. The molecule has 1 fully saturated rings. The Labute approximate surface area is 98.8 Å². The lowest BCUT2D eigenvalue weighted by Crippen LogP contribution is -2.56. The molecule has 0 aromatic rings. The molecule has 0 bridgehead atoms. The zero-order chi connectivity index (χ0) is 12.2. The predicted molar refractivity (Wildman–Crippen MR) is 66.4 cm³/mol. The molecule has 1 saturated heterocycles. The standard InChI is InChI=1S/C12H25N3O/c1-12(2)6-5-7-13-10(12)11(16)14-8-9-15(3)4/h10,13H,5-9H2,1-4H3,(H,14,16). The van der Waals surface area contributed by atoms with Crippen molar-refractivity contribution in [3.8, 4) is 0 Å². The lowest BCUT2D eigenvalue weighted by atomic mass is 9.77. The number of carbonyl (C=O) groups excluding carboxylic acids is 1. The molecule has 0 spiro atoms. The van der Waals surface area contributed by atoms with Crippen molar-refractivity contribution in [1.82, 2.24) is 15.5 Å². The fourth-order valence-corrected chi connectivity index (χ4v) is 2.16. The lowest BCUT2D eigenvalue weighted by Gasteiger charge is -2.38. The van der Waals surface area contributed by atoms with Gasteiger partial charge in [0.25, 0.3) is 0 Å². The number of piperidine rings is 1. The Bertz CT molecular complexity index is 238. The summed E-state index contributed by atoms with van der Waals surface area (Å²) >= 11 is 0. The zero-order valence-corrected chi connectivity index (χ0v) is 11.0. The number of nitrogens with one attached hydrogen (secondary N) is 2. The molecular formula is C12H25N3O. The van der Waals surface area contributed by atoms with Gasteiger partial charge in [-0.2, -0.15) is 0 Å². The van der Waals surface area contributed by atoms with Crippen LogP contribution in [0.5, 0.6) is 0 Å². The van der Waals surface area contributed by atoms with Crippen LogP contribution in [0.15, 0.2) is 0 Å². The molecule has 0 aromatic heterocycles. The number of nitrogens with zero attached hydrogens (tertiary/aromatic N) is 1. The molecule has 2 N–H and O–H groups in total. The van der Waals surface area contributed by atoms with Crippen LogP contribution in [0.4, 0.5) is 0 Å².